The van der Waals surface area contributed by atoms with Crippen LogP contribution in [0.15, 0.2) is 36.4 Å². The number of azide groups is 1. The second-order valence-corrected chi connectivity index (χ2v) is 7.51. The first-order chi connectivity index (χ1) is 11.3. The molecular weight excluding hydrogens is 454 g/mol. The molecule has 10 nitrogen and oxygen atoms in total. The number of aromatic amines is 1. The van der Waals surface area contributed by atoms with Crippen LogP contribution >= 0.6 is 31.9 Å². The number of carbonyl (C=O) groups is 1. The first kappa shape index (κ1) is 18.5. The smallest absolute Gasteiger partial charge is 0.330 e. The highest BCUT2D eigenvalue weighted by atomic mass is 79.9. The number of hydrogen-bond donors (Lipinski definition) is 1. The van der Waals surface area contributed by atoms with Gasteiger partial charge >= 0.3 is 11.7 Å². The molecule has 1 saturated heterocycles. The largest absolute Gasteiger partial charge is 0.457 e. The molecule has 0 aliphatic carbocycles. The van der Waals surface area contributed by atoms with Gasteiger partial charge in [0.15, 0.2) is 12.3 Å². The van der Waals surface area contributed by atoms with E-state index in [1.165, 1.54) is 13.1 Å². The first-order valence-electron chi connectivity index (χ1n) is 6.54. The molecule has 1 aliphatic heterocycles. The van der Waals surface area contributed by atoms with E-state index in [-0.39, 0.29) is 0 Å². The minimum absolute atomic E-state index is 0.522. The molecule has 0 radical (unpaired) electrons. The number of H-pyrrole nitrogens is 1. The van der Waals surface area contributed by atoms with Crippen molar-refractivity contribution in [3.8, 4) is 0 Å². The predicted molar refractivity (Wildman–Crippen MR) is 89.7 cm³/mol. The third-order valence-corrected chi connectivity index (χ3v) is 3.68. The van der Waals surface area contributed by atoms with Gasteiger partial charge in [0.2, 0.25) is 0 Å². The lowest BCUT2D eigenvalue weighted by atomic mass is 10.1. The van der Waals surface area contributed by atoms with Crippen LogP contribution in [0.4, 0.5) is 0 Å². The number of ether oxygens (including phenoxy) is 2. The lowest BCUT2D eigenvalue weighted by molar-refractivity contribution is -0.152. The molecule has 0 aromatic carbocycles. The van der Waals surface area contributed by atoms with Crippen LogP contribution in [0.25, 0.3) is 10.4 Å². The van der Waals surface area contributed by atoms with Crippen molar-refractivity contribution in [2.24, 2.45) is 5.11 Å². The Morgan fingerprint density at radius 3 is 2.79 bits per heavy atom. The topological polar surface area (TPSA) is 139 Å². The highest BCUT2D eigenvalue weighted by Gasteiger charge is 2.47. The summed E-state index contributed by atoms with van der Waals surface area (Å²) in [6.45, 7) is 1.18. The zero-order valence-electron chi connectivity index (χ0n) is 12.1. The van der Waals surface area contributed by atoms with Crippen LogP contribution in [0.2, 0.25) is 0 Å². The highest BCUT2D eigenvalue weighted by Crippen LogP contribution is 2.35. The molecule has 1 aliphatic rings. The van der Waals surface area contributed by atoms with E-state index >= 15 is 0 Å². The van der Waals surface area contributed by atoms with Gasteiger partial charge < -0.3 is 9.47 Å². The summed E-state index contributed by atoms with van der Waals surface area (Å²) >= 11 is 6.35. The summed E-state index contributed by atoms with van der Waals surface area (Å²) < 4.78 is 12.5. The molecule has 0 amide bonds. The Balaban J connectivity index is 2.53. The number of aromatic nitrogens is 2. The van der Waals surface area contributed by atoms with E-state index in [2.05, 4.69) is 46.9 Å². The molecule has 0 unspecified atom stereocenters. The lowest BCUT2D eigenvalue weighted by Gasteiger charge is -2.21. The number of nitrogens with one attached hydrogen (secondary N) is 1. The van der Waals surface area contributed by atoms with Gasteiger partial charge in [0.25, 0.3) is 5.56 Å². The average Bonchev–Trinajstić information content (AvgIpc) is 2.76. The van der Waals surface area contributed by atoms with E-state index < -0.39 is 41.7 Å². The first-order valence-corrected chi connectivity index (χ1v) is 8.13. The Kier molecular flexibility index (Phi) is 5.99. The number of carbonyl (C=O) groups excluding carboxylic acids is 1. The van der Waals surface area contributed by atoms with Gasteiger partial charge in [-0.3, -0.25) is 19.1 Å². The predicted octanol–water partition coefficient (Wildman–Crippen LogP) is 1.68. The summed E-state index contributed by atoms with van der Waals surface area (Å²) in [6.07, 6.45) is -0.142. The minimum atomic E-state index is -1.07. The molecule has 24 heavy (non-hydrogen) atoms. The van der Waals surface area contributed by atoms with Crippen molar-refractivity contribution in [3.05, 3.63) is 53.0 Å². The molecule has 4 atom stereocenters. The van der Waals surface area contributed by atoms with Gasteiger partial charge in [0.1, 0.15) is 6.04 Å². The second kappa shape index (κ2) is 7.79. The Morgan fingerprint density at radius 1 is 1.54 bits per heavy atom. The van der Waals surface area contributed by atoms with Crippen molar-refractivity contribution in [3.63, 3.8) is 0 Å². The molecule has 12 heteroatoms. The molecule has 2 rings (SSSR count). The number of hydrogen-bond acceptors (Lipinski definition) is 6. The van der Waals surface area contributed by atoms with Gasteiger partial charge in [0.05, 0.1) is 9.50 Å². The molecule has 0 bridgehead atoms. The summed E-state index contributed by atoms with van der Waals surface area (Å²) in [7, 11) is 0. The van der Waals surface area contributed by atoms with Gasteiger partial charge in [-0.05, 0) is 43.5 Å². The van der Waals surface area contributed by atoms with Crippen LogP contribution in [0.5, 0.6) is 0 Å². The fraction of sp³-hybridized carbons (Fsp3) is 0.417. The fourth-order valence-corrected chi connectivity index (χ4v) is 2.82. The summed E-state index contributed by atoms with van der Waals surface area (Å²) in [4.78, 5) is 39.4. The fourth-order valence-electron chi connectivity index (χ4n) is 2.30. The maximum atomic E-state index is 12.0. The van der Waals surface area contributed by atoms with Gasteiger partial charge in [-0.2, -0.15) is 0 Å². The van der Waals surface area contributed by atoms with Crippen LogP contribution in [0.1, 0.15) is 13.2 Å². The maximum Gasteiger partial charge on any atom is 0.330 e. The van der Waals surface area contributed by atoms with Gasteiger partial charge in [-0.1, -0.05) is 5.11 Å². The van der Waals surface area contributed by atoms with E-state index in [0.29, 0.717) is 3.39 Å². The van der Waals surface area contributed by atoms with Crippen LogP contribution < -0.4 is 11.2 Å². The molecule has 1 aromatic heterocycles. The summed E-state index contributed by atoms with van der Waals surface area (Å²) in [5.41, 5.74) is 7.46. The Morgan fingerprint density at radius 2 is 2.25 bits per heavy atom. The third kappa shape index (κ3) is 4.15. The maximum absolute atomic E-state index is 12.0. The van der Waals surface area contributed by atoms with Crippen LogP contribution in [0.3, 0.4) is 0 Å². The third-order valence-electron chi connectivity index (χ3n) is 3.15. The Labute approximate surface area is 151 Å². The summed E-state index contributed by atoms with van der Waals surface area (Å²) in [5, 5.41) is 3.62. The molecular formula is C12H11Br2N5O5. The SMILES string of the molecule is CC(=O)O[C@H]1[C@H](N=[N+]=[N-])[C@@H](C=C(Br)Br)O[C@H]1n1ccc(=O)[nH]c1=O. The Hall–Kier alpha value is -1.88. The Bertz CT molecular complexity index is 824. The lowest BCUT2D eigenvalue weighted by Crippen LogP contribution is -2.39. The average molecular weight is 465 g/mol. The van der Waals surface area contributed by atoms with Crippen molar-refractivity contribution in [1.29, 1.82) is 0 Å². The minimum Gasteiger partial charge on any atom is -0.457 e. The van der Waals surface area contributed by atoms with E-state index in [4.69, 9.17) is 15.0 Å². The molecule has 2 heterocycles. The molecule has 1 N–H and O–H groups in total. The molecule has 0 saturated carbocycles. The zero-order chi connectivity index (χ0) is 17.9. The van der Waals surface area contributed by atoms with Crippen LogP contribution in [0, 0.1) is 0 Å². The van der Waals surface area contributed by atoms with Gasteiger partial charge in [-0.25, -0.2) is 4.79 Å². The monoisotopic (exact) mass is 463 g/mol. The normalized spacial score (nSPS) is 25.6. The quantitative estimate of drug-likeness (QED) is 0.312. The number of esters is 1. The van der Waals surface area contributed by atoms with E-state index in [1.54, 1.807) is 6.08 Å². The van der Waals surface area contributed by atoms with Crippen molar-refractivity contribution < 1.29 is 14.3 Å². The standard InChI is InChI=1S/C12H11Br2N5O5/c1-5(20)23-10-9(17-18-15)6(4-7(13)14)24-11(10)19-3-2-8(21)16-12(19)22/h2-4,6,9-11H,1H3,(H,16,21,22)/t6-,9-,10+,11-/m1/s1. The summed E-state index contributed by atoms with van der Waals surface area (Å²) in [5.74, 6) is -0.633. The molecule has 1 fully saturated rings. The second-order valence-electron chi connectivity index (χ2n) is 4.73. The van der Waals surface area contributed by atoms with E-state index in [1.807, 2.05) is 0 Å². The van der Waals surface area contributed by atoms with Crippen molar-refractivity contribution >= 4 is 37.8 Å². The highest BCUT2D eigenvalue weighted by molar-refractivity contribution is 9.28. The molecule has 128 valence electrons. The van der Waals surface area contributed by atoms with E-state index in [9.17, 15) is 14.4 Å². The number of halogens is 2. The van der Waals surface area contributed by atoms with Gasteiger partial charge in [0, 0.05) is 24.1 Å². The zero-order valence-corrected chi connectivity index (χ0v) is 15.3. The van der Waals surface area contributed by atoms with Crippen LogP contribution in [-0.2, 0) is 14.3 Å². The van der Waals surface area contributed by atoms with Crippen molar-refractivity contribution in [2.45, 2.75) is 31.4 Å². The van der Waals surface area contributed by atoms with Crippen molar-refractivity contribution in [2.75, 3.05) is 0 Å². The molecule has 0 spiro atoms. The summed E-state index contributed by atoms with van der Waals surface area (Å²) in [6, 6.07) is 0.217. The molecule has 1 aromatic rings. The van der Waals surface area contributed by atoms with E-state index in [0.717, 1.165) is 10.6 Å². The van der Waals surface area contributed by atoms with Crippen LogP contribution in [-0.4, -0.2) is 33.8 Å². The van der Waals surface area contributed by atoms with Gasteiger partial charge in [-0.15, -0.1) is 0 Å². The number of nitrogens with zero attached hydrogens (tertiary/aromatic N) is 4. The van der Waals surface area contributed by atoms with Crippen molar-refractivity contribution in [1.82, 2.24) is 9.55 Å². The number of rotatable bonds is 4.